The molecule has 184 valence electrons. The van der Waals surface area contributed by atoms with E-state index in [4.69, 9.17) is 9.15 Å². The van der Waals surface area contributed by atoms with Crippen LogP contribution < -0.4 is 10.2 Å². The van der Waals surface area contributed by atoms with Gasteiger partial charge in [0.15, 0.2) is 0 Å². The number of fused-ring (bicyclic) bond motifs is 1. The van der Waals surface area contributed by atoms with Crippen LogP contribution in [0.5, 0.6) is 5.75 Å². The van der Waals surface area contributed by atoms with E-state index in [0.717, 1.165) is 17.0 Å². The predicted molar refractivity (Wildman–Crippen MR) is 134 cm³/mol. The summed E-state index contributed by atoms with van der Waals surface area (Å²) in [6.45, 7) is 2.00. The van der Waals surface area contributed by atoms with Crippen molar-refractivity contribution in [1.29, 1.82) is 5.26 Å². The van der Waals surface area contributed by atoms with Gasteiger partial charge in [-0.15, -0.1) is 11.3 Å². The Bertz CT molecular complexity index is 1710. The third-order valence-electron chi connectivity index (χ3n) is 5.81. The van der Waals surface area contributed by atoms with Gasteiger partial charge in [0.25, 0.3) is 0 Å². The number of thiazole rings is 1. The number of aryl methyl sites for hydroxylation is 1. The molecule has 0 bridgehead atoms. The van der Waals surface area contributed by atoms with Gasteiger partial charge in [-0.25, -0.2) is 4.98 Å². The Labute approximate surface area is 213 Å². The van der Waals surface area contributed by atoms with Gasteiger partial charge in [-0.2, -0.15) is 18.4 Å². The summed E-state index contributed by atoms with van der Waals surface area (Å²) in [7, 11) is 0. The molecule has 0 amide bonds. The maximum absolute atomic E-state index is 13.1. The Balaban J connectivity index is 1.36. The largest absolute Gasteiger partial charge is 0.488 e. The first-order valence-corrected chi connectivity index (χ1v) is 11.9. The molecule has 0 saturated carbocycles. The van der Waals surface area contributed by atoms with Crippen LogP contribution in [0.2, 0.25) is 0 Å². The third-order valence-corrected chi connectivity index (χ3v) is 6.99. The molecular weight excluding hydrogens is 501 g/mol. The number of alkyl halides is 3. The third kappa shape index (κ3) is 4.84. The lowest BCUT2D eigenvalue weighted by Gasteiger charge is -2.08. The molecule has 5 nitrogen and oxygen atoms in total. The number of aromatic nitrogens is 1. The molecule has 0 aliphatic carbocycles. The van der Waals surface area contributed by atoms with Crippen LogP contribution in [0.25, 0.3) is 32.7 Å². The number of nitriles is 1. The van der Waals surface area contributed by atoms with Crippen molar-refractivity contribution in [2.75, 3.05) is 0 Å². The van der Waals surface area contributed by atoms with Crippen molar-refractivity contribution in [3.8, 4) is 33.5 Å². The number of ether oxygens (including phenoxy) is 1. The highest BCUT2D eigenvalue weighted by Gasteiger charge is 2.30. The van der Waals surface area contributed by atoms with Crippen molar-refractivity contribution in [3.05, 3.63) is 105 Å². The Morgan fingerprint density at radius 1 is 1.05 bits per heavy atom. The second-order valence-corrected chi connectivity index (χ2v) is 9.27. The van der Waals surface area contributed by atoms with Crippen molar-refractivity contribution < 1.29 is 22.3 Å². The highest BCUT2D eigenvalue weighted by Crippen LogP contribution is 2.33. The van der Waals surface area contributed by atoms with E-state index in [9.17, 15) is 23.2 Å². The van der Waals surface area contributed by atoms with Gasteiger partial charge < -0.3 is 9.15 Å². The Morgan fingerprint density at radius 3 is 2.54 bits per heavy atom. The number of nitrogens with zero attached hydrogens (tertiary/aromatic N) is 2. The van der Waals surface area contributed by atoms with Crippen LogP contribution in [-0.2, 0) is 12.8 Å². The summed E-state index contributed by atoms with van der Waals surface area (Å²) >= 11 is 1.34. The van der Waals surface area contributed by atoms with Crippen molar-refractivity contribution in [2.45, 2.75) is 19.7 Å². The molecule has 0 saturated heterocycles. The van der Waals surface area contributed by atoms with E-state index in [1.165, 1.54) is 29.7 Å². The highest BCUT2D eigenvalue weighted by atomic mass is 32.1. The van der Waals surface area contributed by atoms with Crippen LogP contribution in [0, 0.1) is 18.3 Å². The molecule has 0 aliphatic rings. The second-order valence-electron chi connectivity index (χ2n) is 8.19. The number of halogens is 3. The summed E-state index contributed by atoms with van der Waals surface area (Å²) in [6, 6.07) is 18.7. The normalized spacial score (nSPS) is 11.4. The molecule has 0 spiro atoms. The lowest BCUT2D eigenvalue weighted by Crippen LogP contribution is -2.06. The predicted octanol–water partition coefficient (Wildman–Crippen LogP) is 7.36. The lowest BCUT2D eigenvalue weighted by molar-refractivity contribution is -0.137. The van der Waals surface area contributed by atoms with E-state index in [0.29, 0.717) is 49.7 Å². The number of hydrogen-bond donors (Lipinski definition) is 0. The van der Waals surface area contributed by atoms with Gasteiger partial charge in [0.05, 0.1) is 38.7 Å². The average Bonchev–Trinajstić information content (AvgIpc) is 3.27. The van der Waals surface area contributed by atoms with Crippen molar-refractivity contribution in [2.24, 2.45) is 0 Å². The minimum absolute atomic E-state index is 0.188. The van der Waals surface area contributed by atoms with Gasteiger partial charge in [-0.3, -0.25) is 4.79 Å². The fourth-order valence-electron chi connectivity index (χ4n) is 3.84. The van der Waals surface area contributed by atoms with Crippen molar-refractivity contribution >= 4 is 22.3 Å². The van der Waals surface area contributed by atoms with Gasteiger partial charge in [0.2, 0.25) is 5.43 Å². The first-order valence-electron chi connectivity index (χ1n) is 11.1. The summed E-state index contributed by atoms with van der Waals surface area (Å²) in [4.78, 5) is 18.4. The Kier molecular flexibility index (Phi) is 6.27. The van der Waals surface area contributed by atoms with E-state index < -0.39 is 11.7 Å². The van der Waals surface area contributed by atoms with E-state index >= 15 is 0 Å². The molecule has 0 aliphatic heterocycles. The summed E-state index contributed by atoms with van der Waals surface area (Å²) in [5.74, 6) is 0.477. The summed E-state index contributed by atoms with van der Waals surface area (Å²) in [5.41, 5.74) is 1.87. The molecule has 5 aromatic rings. The monoisotopic (exact) mass is 518 g/mol. The quantitative estimate of drug-likeness (QED) is 0.243. The van der Waals surface area contributed by atoms with Gasteiger partial charge >= 0.3 is 6.18 Å². The molecule has 2 heterocycles. The van der Waals surface area contributed by atoms with Crippen molar-refractivity contribution in [1.82, 2.24) is 4.98 Å². The Hall–Kier alpha value is -4.42. The molecule has 0 N–H and O–H groups in total. The van der Waals surface area contributed by atoms with E-state index in [2.05, 4.69) is 11.1 Å². The maximum Gasteiger partial charge on any atom is 0.416 e. The van der Waals surface area contributed by atoms with Crippen LogP contribution >= 0.6 is 11.3 Å². The summed E-state index contributed by atoms with van der Waals surface area (Å²) in [6.07, 6.45) is -3.05. The average molecular weight is 519 g/mol. The molecule has 2 aromatic heterocycles. The topological polar surface area (TPSA) is 76.1 Å². The zero-order valence-corrected chi connectivity index (χ0v) is 20.1. The van der Waals surface area contributed by atoms with Gasteiger partial charge in [0, 0.05) is 17.2 Å². The molecule has 3 aromatic carbocycles. The summed E-state index contributed by atoms with van der Waals surface area (Å²) in [5, 5.41) is 10.3. The minimum atomic E-state index is -4.39. The molecule has 0 unspecified atom stereocenters. The molecule has 5 rings (SSSR count). The fourth-order valence-corrected chi connectivity index (χ4v) is 4.82. The van der Waals surface area contributed by atoms with Crippen LogP contribution in [0.15, 0.2) is 82.2 Å². The second kappa shape index (κ2) is 9.56. The van der Waals surface area contributed by atoms with Crippen LogP contribution in [-0.4, -0.2) is 4.98 Å². The minimum Gasteiger partial charge on any atom is -0.488 e. The van der Waals surface area contributed by atoms with Crippen LogP contribution in [0.1, 0.15) is 21.7 Å². The van der Waals surface area contributed by atoms with E-state index in [1.54, 1.807) is 42.5 Å². The van der Waals surface area contributed by atoms with Gasteiger partial charge in [-0.05, 0) is 37.3 Å². The Morgan fingerprint density at radius 2 is 1.81 bits per heavy atom. The zero-order valence-electron chi connectivity index (χ0n) is 19.3. The van der Waals surface area contributed by atoms with Crippen LogP contribution in [0.4, 0.5) is 13.2 Å². The SMILES string of the molecule is Cc1nc(-c2ccc(C(F)(F)F)cc2)sc1COc1ccc2c(=O)c(-c3ccccc3C#N)coc2c1. The first-order chi connectivity index (χ1) is 17.7. The van der Waals surface area contributed by atoms with Crippen molar-refractivity contribution in [3.63, 3.8) is 0 Å². The molecule has 0 radical (unpaired) electrons. The van der Waals surface area contributed by atoms with E-state index in [1.807, 2.05) is 6.92 Å². The standard InChI is InChI=1S/C28H17F3N2O3S/c1-16-25(37-27(33-16)17-6-8-19(9-7-17)28(29,30)31)15-35-20-10-11-22-24(12-20)36-14-23(26(22)34)21-5-3-2-4-18(21)13-32/h2-12,14H,15H2,1H3. The van der Waals surface area contributed by atoms with Crippen LogP contribution in [0.3, 0.4) is 0 Å². The highest BCUT2D eigenvalue weighted by molar-refractivity contribution is 7.15. The molecule has 0 atom stereocenters. The van der Waals surface area contributed by atoms with Gasteiger partial charge in [-0.1, -0.05) is 30.3 Å². The lowest BCUT2D eigenvalue weighted by atomic mass is 10.0. The smallest absolute Gasteiger partial charge is 0.416 e. The fraction of sp³-hybridized carbons (Fsp3) is 0.107. The molecule has 9 heteroatoms. The zero-order chi connectivity index (χ0) is 26.2. The molecule has 0 fully saturated rings. The number of rotatable bonds is 5. The summed E-state index contributed by atoms with van der Waals surface area (Å²) < 4.78 is 50.1. The van der Waals surface area contributed by atoms with E-state index in [-0.39, 0.29) is 12.0 Å². The molecular formula is C28H17F3N2O3S. The maximum atomic E-state index is 13.1. The molecule has 37 heavy (non-hydrogen) atoms. The van der Waals surface area contributed by atoms with Gasteiger partial charge in [0.1, 0.15) is 29.2 Å². The number of benzene rings is 3. The number of hydrogen-bond acceptors (Lipinski definition) is 6. The first kappa shape index (κ1) is 24.3.